The van der Waals surface area contributed by atoms with Gasteiger partial charge in [0.25, 0.3) is 0 Å². The van der Waals surface area contributed by atoms with Gasteiger partial charge in [0.1, 0.15) is 6.61 Å². The zero-order chi connectivity index (χ0) is 67.2. The van der Waals surface area contributed by atoms with E-state index in [2.05, 4.69) is 220 Å². The van der Waals surface area contributed by atoms with Crippen molar-refractivity contribution in [3.05, 3.63) is 207 Å². The SMILES string of the molecule is CC/C=C\C/C=C\C/C=C\C/C=C\C/C=C\C/C=C\C/C=C\C/C=C\C/C=C\C/C=C\C/C=C\C/C=C\CCCCC(=O)OC(COC(=O)CCCCCCCCCCCCCCCCCCC/C=C\C/C=C\C/C=C\C/C=C\C/C=C\CC)COP(=O)(O)OCCN. The molecule has 0 spiro atoms. The van der Waals surface area contributed by atoms with Crippen molar-refractivity contribution < 1.29 is 37.6 Å². The standard InChI is InChI=1S/C83H132NO8P/c1-3-5-7-9-11-13-15-17-19-21-23-25-27-29-31-33-35-37-38-39-40-41-42-44-46-48-50-52-54-56-58-60-62-64-66-68-70-72-74-76-83(86)92-81(80-91-93(87,88)90-78-77-84)79-89-82(85)75-73-71-69-67-65-63-61-59-57-55-53-51-49-47-45-43-36-34-32-30-28-26-24-22-20-18-16-14-12-10-8-6-4-2/h5-8,11-14,17-20,23-26,29-32,35,37,39-40,42,44,48,50,54,56,60,62,66,68,81H,3-4,9-10,15-16,21-22,27-28,33-34,36,38,41,43,45-47,49,51-53,55,57-59,61,63-65,67,69-80,84H2,1-2H3,(H,87,88)/b7-5-,8-6-,13-11-,14-12-,19-17-,20-18-,25-23-,26-24-,31-29-,32-30-,37-35-,40-39-,44-42-,50-48-,56-54-,62-60-,68-66-. The molecule has 93 heavy (non-hydrogen) atoms. The van der Waals surface area contributed by atoms with Crippen LogP contribution in [0.3, 0.4) is 0 Å². The molecule has 0 aliphatic rings. The summed E-state index contributed by atoms with van der Waals surface area (Å²) in [6.07, 6.45) is 116. The fourth-order valence-corrected chi connectivity index (χ4v) is 10.1. The normalized spacial score (nSPS) is 14.2. The van der Waals surface area contributed by atoms with Gasteiger partial charge in [-0.05, 0) is 148 Å². The minimum atomic E-state index is -4.42. The van der Waals surface area contributed by atoms with Crippen LogP contribution in [0.4, 0.5) is 0 Å². The molecule has 0 fully saturated rings. The largest absolute Gasteiger partial charge is 0.472 e. The summed E-state index contributed by atoms with van der Waals surface area (Å²) < 4.78 is 33.1. The Labute approximate surface area is 569 Å². The molecule has 9 nitrogen and oxygen atoms in total. The van der Waals surface area contributed by atoms with E-state index in [1.54, 1.807) is 0 Å². The first-order valence-electron chi connectivity index (χ1n) is 36.6. The Morgan fingerprint density at radius 1 is 0.323 bits per heavy atom. The highest BCUT2D eigenvalue weighted by molar-refractivity contribution is 7.47. The van der Waals surface area contributed by atoms with Gasteiger partial charge in [-0.15, -0.1) is 0 Å². The summed E-state index contributed by atoms with van der Waals surface area (Å²) in [7, 11) is -4.42. The van der Waals surface area contributed by atoms with Gasteiger partial charge in [-0.1, -0.05) is 317 Å². The third-order valence-corrected chi connectivity index (χ3v) is 15.6. The van der Waals surface area contributed by atoms with Crippen LogP contribution in [0.25, 0.3) is 0 Å². The summed E-state index contributed by atoms with van der Waals surface area (Å²) in [5, 5.41) is 0. The van der Waals surface area contributed by atoms with Crippen LogP contribution in [0.15, 0.2) is 207 Å². The number of phosphoric ester groups is 1. The number of carbonyl (C=O) groups is 2. The number of esters is 2. The molecule has 3 N–H and O–H groups in total. The molecular formula is C83H132NO8P. The molecule has 0 aromatic rings. The Kier molecular flexibility index (Phi) is 71.2. The molecule has 0 amide bonds. The minimum Gasteiger partial charge on any atom is -0.462 e. The van der Waals surface area contributed by atoms with Gasteiger partial charge in [0.15, 0.2) is 6.10 Å². The zero-order valence-electron chi connectivity index (χ0n) is 58.6. The average Bonchev–Trinajstić information content (AvgIpc) is 3.60. The van der Waals surface area contributed by atoms with E-state index in [0.29, 0.717) is 6.42 Å². The fraction of sp³-hybridized carbons (Fsp3) is 0.566. The lowest BCUT2D eigenvalue weighted by atomic mass is 10.0. The van der Waals surface area contributed by atoms with E-state index in [0.717, 1.165) is 148 Å². The summed E-state index contributed by atoms with van der Waals surface area (Å²) in [5.41, 5.74) is 5.40. The number of allylic oxidation sites excluding steroid dienone is 34. The molecule has 0 rings (SSSR count). The number of nitrogens with two attached hydrogens (primary N) is 1. The van der Waals surface area contributed by atoms with Crippen LogP contribution in [-0.4, -0.2) is 49.3 Å². The summed E-state index contributed by atoms with van der Waals surface area (Å²) in [4.78, 5) is 35.4. The van der Waals surface area contributed by atoms with Crippen molar-refractivity contribution in [1.29, 1.82) is 0 Å². The van der Waals surface area contributed by atoms with E-state index in [1.807, 2.05) is 0 Å². The Morgan fingerprint density at radius 2 is 0.559 bits per heavy atom. The average molecular weight is 1300 g/mol. The Balaban J connectivity index is 4.02. The maximum atomic E-state index is 12.8. The predicted molar refractivity (Wildman–Crippen MR) is 403 cm³/mol. The molecular weight excluding hydrogens is 1170 g/mol. The van der Waals surface area contributed by atoms with Crippen LogP contribution in [0, 0.1) is 0 Å². The molecule has 0 bridgehead atoms. The Morgan fingerprint density at radius 3 is 0.849 bits per heavy atom. The first kappa shape index (κ1) is 87.6. The van der Waals surface area contributed by atoms with Crippen molar-refractivity contribution in [1.82, 2.24) is 0 Å². The van der Waals surface area contributed by atoms with Crippen molar-refractivity contribution in [3.8, 4) is 0 Å². The van der Waals surface area contributed by atoms with Gasteiger partial charge >= 0.3 is 19.8 Å². The second kappa shape index (κ2) is 75.6. The lowest BCUT2D eigenvalue weighted by Gasteiger charge is -2.19. The first-order chi connectivity index (χ1) is 45.8. The lowest BCUT2D eigenvalue weighted by molar-refractivity contribution is -0.161. The third-order valence-electron chi connectivity index (χ3n) is 14.7. The summed E-state index contributed by atoms with van der Waals surface area (Å²) in [6, 6.07) is 0. The molecule has 0 saturated carbocycles. The predicted octanol–water partition coefficient (Wildman–Crippen LogP) is 24.6. The summed E-state index contributed by atoms with van der Waals surface area (Å²) >= 11 is 0. The number of phosphoric acid groups is 1. The summed E-state index contributed by atoms with van der Waals surface area (Å²) in [5.74, 6) is -0.888. The van der Waals surface area contributed by atoms with Crippen molar-refractivity contribution in [2.24, 2.45) is 5.73 Å². The quantitative estimate of drug-likeness (QED) is 0.0264. The number of unbranched alkanes of at least 4 members (excludes halogenated alkanes) is 19. The number of ether oxygens (including phenoxy) is 2. The van der Waals surface area contributed by atoms with Gasteiger partial charge in [0.2, 0.25) is 0 Å². The molecule has 0 aromatic heterocycles. The van der Waals surface area contributed by atoms with Gasteiger partial charge in [0.05, 0.1) is 13.2 Å². The third kappa shape index (κ3) is 75.5. The van der Waals surface area contributed by atoms with Gasteiger partial charge in [0, 0.05) is 19.4 Å². The fourth-order valence-electron chi connectivity index (χ4n) is 9.35. The highest BCUT2D eigenvalue weighted by Crippen LogP contribution is 2.43. The number of carbonyl (C=O) groups excluding carboxylic acids is 2. The van der Waals surface area contributed by atoms with Crippen molar-refractivity contribution in [2.75, 3.05) is 26.4 Å². The monoisotopic (exact) mass is 1300 g/mol. The van der Waals surface area contributed by atoms with E-state index in [1.165, 1.54) is 89.9 Å². The topological polar surface area (TPSA) is 134 Å². The van der Waals surface area contributed by atoms with Crippen LogP contribution in [-0.2, 0) is 32.7 Å². The second-order valence-corrected chi connectivity index (χ2v) is 24.8. The van der Waals surface area contributed by atoms with E-state index >= 15 is 0 Å². The van der Waals surface area contributed by atoms with Crippen molar-refractivity contribution >= 4 is 19.8 Å². The van der Waals surface area contributed by atoms with E-state index in [-0.39, 0.29) is 32.6 Å². The smallest absolute Gasteiger partial charge is 0.462 e. The molecule has 10 heteroatoms. The van der Waals surface area contributed by atoms with Gasteiger partial charge in [-0.3, -0.25) is 18.6 Å². The van der Waals surface area contributed by atoms with Gasteiger partial charge < -0.3 is 20.1 Å². The van der Waals surface area contributed by atoms with Gasteiger partial charge in [-0.2, -0.15) is 0 Å². The zero-order valence-corrected chi connectivity index (χ0v) is 59.5. The van der Waals surface area contributed by atoms with Crippen LogP contribution in [0.1, 0.15) is 271 Å². The van der Waals surface area contributed by atoms with E-state index in [9.17, 15) is 19.0 Å². The first-order valence-corrected chi connectivity index (χ1v) is 38.1. The summed E-state index contributed by atoms with van der Waals surface area (Å²) in [6.45, 7) is 3.46. The number of hydrogen-bond donors (Lipinski definition) is 2. The van der Waals surface area contributed by atoms with Crippen molar-refractivity contribution in [2.45, 2.75) is 277 Å². The van der Waals surface area contributed by atoms with Crippen molar-refractivity contribution in [3.63, 3.8) is 0 Å². The minimum absolute atomic E-state index is 0.0363. The number of rotatable bonds is 66. The molecule has 2 unspecified atom stereocenters. The van der Waals surface area contributed by atoms with Crippen LogP contribution in [0.5, 0.6) is 0 Å². The maximum absolute atomic E-state index is 12.8. The molecule has 0 aromatic carbocycles. The highest BCUT2D eigenvalue weighted by atomic mass is 31.2. The molecule has 0 aliphatic heterocycles. The molecule has 0 heterocycles. The number of hydrogen-bond acceptors (Lipinski definition) is 8. The molecule has 522 valence electrons. The van der Waals surface area contributed by atoms with Crippen LogP contribution < -0.4 is 5.73 Å². The molecule has 0 aliphatic carbocycles. The van der Waals surface area contributed by atoms with Gasteiger partial charge in [-0.25, -0.2) is 4.57 Å². The Bertz CT molecular complexity index is 2280. The maximum Gasteiger partial charge on any atom is 0.472 e. The molecule has 0 radical (unpaired) electrons. The second-order valence-electron chi connectivity index (χ2n) is 23.3. The van der Waals surface area contributed by atoms with E-state index < -0.39 is 32.5 Å². The Hall–Kier alpha value is -5.41. The van der Waals surface area contributed by atoms with Crippen LogP contribution in [0.2, 0.25) is 0 Å². The molecule has 2 atom stereocenters. The highest BCUT2D eigenvalue weighted by Gasteiger charge is 2.26. The van der Waals surface area contributed by atoms with E-state index in [4.69, 9.17) is 24.3 Å². The van der Waals surface area contributed by atoms with Crippen LogP contribution >= 0.6 is 7.82 Å². The lowest BCUT2D eigenvalue weighted by Crippen LogP contribution is -2.29. The molecule has 0 saturated heterocycles.